The summed E-state index contributed by atoms with van der Waals surface area (Å²) in [5.74, 6) is -3.48. The van der Waals surface area contributed by atoms with Crippen LogP contribution in [0.3, 0.4) is 0 Å². The maximum atomic E-state index is 14.5. The fourth-order valence-corrected chi connectivity index (χ4v) is 3.34. The fourth-order valence-electron chi connectivity index (χ4n) is 3.34. The summed E-state index contributed by atoms with van der Waals surface area (Å²) in [6.45, 7) is 1.41. The number of aromatic nitrogens is 3. The highest BCUT2D eigenvalue weighted by molar-refractivity contribution is 5.51. The average Bonchev–Trinajstić information content (AvgIpc) is 3.20. The zero-order chi connectivity index (χ0) is 23.5. The number of alkyl halides is 3. The lowest BCUT2D eigenvalue weighted by Crippen LogP contribution is -2.39. The third kappa shape index (κ3) is 5.18. The van der Waals surface area contributed by atoms with E-state index in [0.29, 0.717) is 12.1 Å². The molecular weight excluding hydrogens is 436 g/mol. The molecule has 0 unspecified atom stereocenters. The normalized spacial score (nSPS) is 15.1. The number of allylic oxidation sites excluding steroid dienone is 1. The molecule has 10 heteroatoms. The molecule has 3 rings (SSSR count). The van der Waals surface area contributed by atoms with Gasteiger partial charge in [0.15, 0.2) is 0 Å². The lowest BCUT2D eigenvalue weighted by molar-refractivity contribution is -0.137. The van der Waals surface area contributed by atoms with Gasteiger partial charge in [-0.05, 0) is 30.5 Å². The zero-order valence-corrected chi connectivity index (χ0v) is 16.8. The van der Waals surface area contributed by atoms with E-state index in [1.165, 1.54) is 29.5 Å². The Morgan fingerprint density at radius 3 is 2.41 bits per heavy atom. The van der Waals surface area contributed by atoms with Gasteiger partial charge in [-0.15, -0.1) is 0 Å². The van der Waals surface area contributed by atoms with Crippen molar-refractivity contribution in [2.24, 2.45) is 5.92 Å². The van der Waals surface area contributed by atoms with Crippen LogP contribution in [0.25, 0.3) is 6.08 Å². The summed E-state index contributed by atoms with van der Waals surface area (Å²) in [6.07, 6.45) is 0.746. The van der Waals surface area contributed by atoms with Gasteiger partial charge in [-0.25, -0.2) is 22.8 Å². The molecule has 1 aromatic heterocycles. The van der Waals surface area contributed by atoms with Crippen molar-refractivity contribution >= 4 is 6.08 Å². The monoisotopic (exact) mass is 455 g/mol. The van der Waals surface area contributed by atoms with Gasteiger partial charge in [-0.3, -0.25) is 0 Å². The van der Waals surface area contributed by atoms with E-state index >= 15 is 0 Å². The van der Waals surface area contributed by atoms with Crippen LogP contribution in [0, 0.1) is 23.4 Å². The van der Waals surface area contributed by atoms with Crippen LogP contribution >= 0.6 is 0 Å². The molecule has 1 heterocycles. The number of halogens is 6. The quantitative estimate of drug-likeness (QED) is 0.490. The summed E-state index contributed by atoms with van der Waals surface area (Å²) >= 11 is 0. The highest BCUT2D eigenvalue weighted by atomic mass is 19.4. The van der Waals surface area contributed by atoms with Crippen molar-refractivity contribution in [1.29, 1.82) is 0 Å². The Kier molecular flexibility index (Phi) is 6.73. The van der Waals surface area contributed by atoms with Crippen molar-refractivity contribution in [3.8, 4) is 0 Å². The van der Waals surface area contributed by atoms with E-state index in [-0.39, 0.29) is 24.1 Å². The van der Waals surface area contributed by atoms with Crippen LogP contribution in [0.5, 0.6) is 0 Å². The van der Waals surface area contributed by atoms with Gasteiger partial charge in [0, 0.05) is 17.2 Å². The Morgan fingerprint density at radius 2 is 1.81 bits per heavy atom. The van der Waals surface area contributed by atoms with Crippen LogP contribution in [0.1, 0.15) is 30.0 Å². The predicted octanol–water partition coefficient (Wildman–Crippen LogP) is 5.34. The number of aliphatic hydroxyl groups is 1. The maximum absolute atomic E-state index is 14.5. The molecule has 0 spiro atoms. The molecule has 0 bridgehead atoms. The maximum Gasteiger partial charge on any atom is 0.416 e. The molecule has 0 amide bonds. The largest absolute Gasteiger partial charge is 0.416 e. The minimum Gasteiger partial charge on any atom is -0.383 e. The molecule has 0 fully saturated rings. The van der Waals surface area contributed by atoms with Gasteiger partial charge >= 0.3 is 6.18 Å². The molecule has 2 atom stereocenters. The van der Waals surface area contributed by atoms with Crippen molar-refractivity contribution in [3.63, 3.8) is 0 Å². The lowest BCUT2D eigenvalue weighted by atomic mass is 9.80. The van der Waals surface area contributed by atoms with Crippen molar-refractivity contribution in [1.82, 2.24) is 14.8 Å². The van der Waals surface area contributed by atoms with E-state index in [0.717, 1.165) is 24.3 Å². The molecule has 0 aliphatic rings. The number of nitrogens with zero attached hydrogens (tertiary/aromatic N) is 3. The van der Waals surface area contributed by atoms with Gasteiger partial charge in [-0.2, -0.15) is 18.3 Å². The average molecular weight is 455 g/mol. The van der Waals surface area contributed by atoms with Gasteiger partial charge in [0.1, 0.15) is 35.7 Å². The van der Waals surface area contributed by atoms with Gasteiger partial charge in [0.05, 0.1) is 12.1 Å². The van der Waals surface area contributed by atoms with Crippen LogP contribution in [0.2, 0.25) is 0 Å². The summed E-state index contributed by atoms with van der Waals surface area (Å²) in [6, 6.07) is 4.98. The number of hydrogen-bond acceptors (Lipinski definition) is 3. The Bertz CT molecular complexity index is 1100. The first-order valence-electron chi connectivity index (χ1n) is 9.54. The van der Waals surface area contributed by atoms with Crippen molar-refractivity contribution in [2.45, 2.75) is 31.7 Å². The minimum absolute atomic E-state index is 0.0713. The molecule has 170 valence electrons. The molecule has 0 aliphatic carbocycles. The van der Waals surface area contributed by atoms with E-state index in [9.17, 15) is 31.4 Å². The van der Waals surface area contributed by atoms with E-state index in [1.54, 1.807) is 6.92 Å². The van der Waals surface area contributed by atoms with Crippen molar-refractivity contribution in [2.75, 3.05) is 0 Å². The first kappa shape index (κ1) is 23.5. The van der Waals surface area contributed by atoms with Crippen molar-refractivity contribution < 1.29 is 31.4 Å². The van der Waals surface area contributed by atoms with E-state index in [4.69, 9.17) is 0 Å². The molecule has 0 aliphatic heterocycles. The van der Waals surface area contributed by atoms with E-state index in [1.807, 2.05) is 0 Å². The van der Waals surface area contributed by atoms with Gasteiger partial charge in [0.2, 0.25) is 0 Å². The second-order valence-corrected chi connectivity index (χ2v) is 7.41. The molecular formula is C22H19F6N3O. The van der Waals surface area contributed by atoms with Crippen molar-refractivity contribution in [3.05, 3.63) is 89.3 Å². The second kappa shape index (κ2) is 9.15. The first-order valence-corrected chi connectivity index (χ1v) is 9.54. The molecule has 0 saturated carbocycles. The Morgan fingerprint density at radius 1 is 1.06 bits per heavy atom. The highest BCUT2D eigenvalue weighted by Crippen LogP contribution is 2.36. The van der Waals surface area contributed by atoms with E-state index in [2.05, 4.69) is 10.1 Å². The minimum atomic E-state index is -4.66. The van der Waals surface area contributed by atoms with E-state index < -0.39 is 40.7 Å². The zero-order valence-electron chi connectivity index (χ0n) is 16.8. The summed E-state index contributed by atoms with van der Waals surface area (Å²) in [5.41, 5.74) is -3.17. The van der Waals surface area contributed by atoms with Crippen LogP contribution in [0.4, 0.5) is 26.3 Å². The lowest BCUT2D eigenvalue weighted by Gasteiger charge is -2.34. The Hall–Kier alpha value is -3.14. The molecule has 32 heavy (non-hydrogen) atoms. The Balaban J connectivity index is 1.85. The summed E-state index contributed by atoms with van der Waals surface area (Å²) < 4.78 is 81.3. The number of benzene rings is 2. The summed E-state index contributed by atoms with van der Waals surface area (Å²) in [4.78, 5) is 3.78. The van der Waals surface area contributed by atoms with Crippen LogP contribution in [0.15, 0.2) is 55.1 Å². The van der Waals surface area contributed by atoms with Crippen LogP contribution in [-0.4, -0.2) is 19.9 Å². The molecule has 3 aromatic rings. The van der Waals surface area contributed by atoms with Gasteiger partial charge < -0.3 is 5.11 Å². The third-order valence-corrected chi connectivity index (χ3v) is 5.20. The molecule has 4 nitrogen and oxygen atoms in total. The first-order chi connectivity index (χ1) is 15.0. The fraction of sp³-hybridized carbons (Fsp3) is 0.273. The third-order valence-electron chi connectivity index (χ3n) is 5.20. The summed E-state index contributed by atoms with van der Waals surface area (Å²) in [5, 5.41) is 15.3. The number of rotatable bonds is 7. The van der Waals surface area contributed by atoms with Gasteiger partial charge in [0.25, 0.3) is 0 Å². The Labute approximate surface area is 179 Å². The predicted molar refractivity (Wildman–Crippen MR) is 104 cm³/mol. The molecule has 0 saturated heterocycles. The second-order valence-electron chi connectivity index (χ2n) is 7.41. The van der Waals surface area contributed by atoms with Crippen LogP contribution in [-0.2, 0) is 18.3 Å². The SMILES string of the molecule is C[C@@H](C/C=C/c1ccc(C(F)(F)F)cc1F)[C@](O)(Cn1cncn1)c1ccc(F)cc1F. The van der Waals surface area contributed by atoms with Crippen LogP contribution < -0.4 is 0 Å². The standard InChI is InChI=1S/C22H19F6N3O/c1-14(3-2-4-15-5-6-16(9-19(15)24)22(26,27)28)21(32,11-31-13-29-12-30-31)18-8-7-17(23)10-20(18)25/h2,4-10,12-14,32H,3,11H2,1H3/b4-2+/t14-,21+/m0/s1. The van der Waals surface area contributed by atoms with Gasteiger partial charge in [-0.1, -0.05) is 31.2 Å². The highest BCUT2D eigenvalue weighted by Gasteiger charge is 2.38. The topological polar surface area (TPSA) is 50.9 Å². The smallest absolute Gasteiger partial charge is 0.383 e. The molecule has 0 radical (unpaired) electrons. The number of hydrogen-bond donors (Lipinski definition) is 1. The molecule has 1 N–H and O–H groups in total. The molecule has 2 aromatic carbocycles. The summed E-state index contributed by atoms with van der Waals surface area (Å²) in [7, 11) is 0.